The van der Waals surface area contributed by atoms with Crippen molar-refractivity contribution >= 4 is 39.9 Å². The summed E-state index contributed by atoms with van der Waals surface area (Å²) in [5, 5.41) is 3.03. The van der Waals surface area contributed by atoms with Crippen molar-refractivity contribution < 1.29 is 9.53 Å². The molecule has 1 aliphatic heterocycles. The quantitative estimate of drug-likeness (QED) is 0.578. The van der Waals surface area contributed by atoms with Gasteiger partial charge in [-0.2, -0.15) is 0 Å². The van der Waals surface area contributed by atoms with Crippen LogP contribution in [0.5, 0.6) is 5.75 Å². The summed E-state index contributed by atoms with van der Waals surface area (Å²) in [7, 11) is 0. The van der Waals surface area contributed by atoms with E-state index in [1.54, 1.807) is 29.3 Å². The number of thioether (sulfide) groups is 1. The van der Waals surface area contributed by atoms with Crippen LogP contribution >= 0.6 is 23.1 Å². The third kappa shape index (κ3) is 3.83. The Morgan fingerprint density at radius 1 is 1.23 bits per heavy atom. The number of hydrogen-bond acceptors (Lipinski definition) is 6. The van der Waals surface area contributed by atoms with E-state index in [9.17, 15) is 4.79 Å². The first kappa shape index (κ1) is 17.3. The number of pyridine rings is 1. The number of carbonyl (C=O) groups excluding carboxylic acids is 1. The lowest BCUT2D eigenvalue weighted by atomic mass is 10.2. The summed E-state index contributed by atoms with van der Waals surface area (Å²) in [6.07, 6.45) is 5.03. The zero-order chi connectivity index (χ0) is 17.8. The van der Waals surface area contributed by atoms with Crippen molar-refractivity contribution in [1.82, 2.24) is 14.9 Å². The molecule has 0 N–H and O–H groups in total. The van der Waals surface area contributed by atoms with E-state index in [1.807, 2.05) is 46.8 Å². The Morgan fingerprint density at radius 3 is 3.04 bits per heavy atom. The van der Waals surface area contributed by atoms with Crippen molar-refractivity contribution in [1.29, 1.82) is 0 Å². The molecule has 0 aliphatic carbocycles. The van der Waals surface area contributed by atoms with E-state index >= 15 is 0 Å². The molecule has 1 fully saturated rings. The summed E-state index contributed by atoms with van der Waals surface area (Å²) in [4.78, 5) is 22.9. The third-order valence-corrected chi connectivity index (χ3v) is 6.39. The monoisotopic (exact) mass is 385 g/mol. The number of benzene rings is 1. The molecule has 4 rings (SSSR count). The van der Waals surface area contributed by atoms with Crippen LogP contribution in [0, 0.1) is 0 Å². The molecule has 1 aliphatic rings. The highest BCUT2D eigenvalue weighted by molar-refractivity contribution is 8.01. The molecule has 0 spiro atoms. The average molecular weight is 386 g/mol. The number of nitrogens with zero attached hydrogens (tertiary/aromatic N) is 3. The molecule has 3 aromatic rings. The Kier molecular flexibility index (Phi) is 5.36. The van der Waals surface area contributed by atoms with Crippen LogP contribution in [0.15, 0.2) is 52.4 Å². The van der Waals surface area contributed by atoms with Gasteiger partial charge in [-0.25, -0.2) is 4.98 Å². The molecule has 0 bridgehead atoms. The second kappa shape index (κ2) is 8.05. The highest BCUT2D eigenvalue weighted by atomic mass is 32.2. The number of rotatable bonds is 7. The van der Waals surface area contributed by atoms with Crippen molar-refractivity contribution in [3.05, 3.63) is 48.1 Å². The van der Waals surface area contributed by atoms with E-state index in [2.05, 4.69) is 9.97 Å². The van der Waals surface area contributed by atoms with Crippen LogP contribution in [0.4, 0.5) is 0 Å². The minimum atomic E-state index is 0.123. The standard InChI is InChI=1S/C19H19N3O2S2/c23-17-7-6-15(22(17)10-12-26-19-21-9-11-25-19)13-24-16-5-1-3-14-4-2-8-20-18(14)16/h1-5,8-9,11,15H,6-7,10,12-13H2/t15-/m1/s1. The fourth-order valence-corrected chi connectivity index (χ4v) is 4.81. The summed E-state index contributed by atoms with van der Waals surface area (Å²) in [6.45, 7) is 1.23. The number of para-hydroxylation sites is 1. The van der Waals surface area contributed by atoms with Gasteiger partial charge in [0.05, 0.1) is 6.04 Å². The van der Waals surface area contributed by atoms with Gasteiger partial charge in [0.2, 0.25) is 5.91 Å². The maximum atomic E-state index is 12.2. The topological polar surface area (TPSA) is 55.3 Å². The van der Waals surface area contributed by atoms with Crippen LogP contribution < -0.4 is 4.74 Å². The number of hydrogen-bond donors (Lipinski definition) is 0. The van der Waals surface area contributed by atoms with Crippen LogP contribution in [-0.2, 0) is 4.79 Å². The Hall–Kier alpha value is -2.12. The molecule has 0 unspecified atom stereocenters. The molecule has 5 nitrogen and oxygen atoms in total. The molecule has 3 heterocycles. The maximum Gasteiger partial charge on any atom is 0.223 e. The minimum absolute atomic E-state index is 0.123. The number of amides is 1. The molecule has 1 amide bonds. The van der Waals surface area contributed by atoms with Gasteiger partial charge in [0.25, 0.3) is 0 Å². The van der Waals surface area contributed by atoms with Gasteiger partial charge < -0.3 is 9.64 Å². The number of fused-ring (bicyclic) bond motifs is 1. The van der Waals surface area contributed by atoms with Gasteiger partial charge in [-0.3, -0.25) is 9.78 Å². The number of aromatic nitrogens is 2. The van der Waals surface area contributed by atoms with Crippen LogP contribution in [0.1, 0.15) is 12.8 Å². The molecule has 2 aromatic heterocycles. The molecule has 134 valence electrons. The summed E-state index contributed by atoms with van der Waals surface area (Å²) in [6, 6.07) is 10.0. The van der Waals surface area contributed by atoms with E-state index in [-0.39, 0.29) is 11.9 Å². The highest BCUT2D eigenvalue weighted by Gasteiger charge is 2.31. The second-order valence-corrected chi connectivity index (χ2v) is 8.30. The zero-order valence-electron chi connectivity index (χ0n) is 14.2. The fourth-order valence-electron chi connectivity index (χ4n) is 3.17. The van der Waals surface area contributed by atoms with E-state index in [1.165, 1.54) is 0 Å². The zero-order valence-corrected chi connectivity index (χ0v) is 15.8. The van der Waals surface area contributed by atoms with Crippen molar-refractivity contribution in [3.8, 4) is 5.75 Å². The Labute approximate surface area is 160 Å². The number of likely N-dealkylation sites (tertiary alicyclic amines) is 1. The van der Waals surface area contributed by atoms with Gasteiger partial charge in [-0.15, -0.1) is 11.3 Å². The molecule has 26 heavy (non-hydrogen) atoms. The highest BCUT2D eigenvalue weighted by Crippen LogP contribution is 2.26. The van der Waals surface area contributed by atoms with Crippen LogP contribution in [-0.4, -0.2) is 45.7 Å². The average Bonchev–Trinajstić information content (AvgIpc) is 3.31. The van der Waals surface area contributed by atoms with Gasteiger partial charge >= 0.3 is 0 Å². The van der Waals surface area contributed by atoms with Gasteiger partial charge in [0.1, 0.15) is 22.2 Å². The lowest BCUT2D eigenvalue weighted by Crippen LogP contribution is -2.38. The summed E-state index contributed by atoms with van der Waals surface area (Å²) in [5.41, 5.74) is 0.866. The predicted octanol–water partition coefficient (Wildman–Crippen LogP) is 3.85. The molecule has 1 aromatic carbocycles. The first-order chi connectivity index (χ1) is 12.8. The largest absolute Gasteiger partial charge is 0.489 e. The summed E-state index contributed by atoms with van der Waals surface area (Å²) < 4.78 is 7.11. The Bertz CT molecular complexity index is 880. The van der Waals surface area contributed by atoms with Crippen LogP contribution in [0.3, 0.4) is 0 Å². The summed E-state index contributed by atoms with van der Waals surface area (Å²) >= 11 is 3.33. The smallest absolute Gasteiger partial charge is 0.223 e. The van der Waals surface area contributed by atoms with Crippen molar-refractivity contribution in [2.24, 2.45) is 0 Å². The van der Waals surface area contributed by atoms with Crippen molar-refractivity contribution in [3.63, 3.8) is 0 Å². The molecule has 1 atom stereocenters. The first-order valence-corrected chi connectivity index (χ1v) is 10.5. The predicted molar refractivity (Wildman–Crippen MR) is 105 cm³/mol. The van der Waals surface area contributed by atoms with Crippen molar-refractivity contribution in [2.75, 3.05) is 18.9 Å². The second-order valence-electron chi connectivity index (χ2n) is 6.07. The van der Waals surface area contributed by atoms with E-state index in [0.29, 0.717) is 13.0 Å². The van der Waals surface area contributed by atoms with E-state index < -0.39 is 0 Å². The molecule has 7 heteroatoms. The number of carbonyl (C=O) groups is 1. The third-order valence-electron chi connectivity index (χ3n) is 4.45. The Morgan fingerprint density at radius 2 is 2.15 bits per heavy atom. The maximum absolute atomic E-state index is 12.2. The Balaban J connectivity index is 1.37. The molecular formula is C19H19N3O2S2. The first-order valence-electron chi connectivity index (χ1n) is 8.59. The van der Waals surface area contributed by atoms with E-state index in [4.69, 9.17) is 4.74 Å². The van der Waals surface area contributed by atoms with Gasteiger partial charge in [-0.05, 0) is 18.6 Å². The molecule has 0 radical (unpaired) electrons. The lowest BCUT2D eigenvalue weighted by molar-refractivity contribution is -0.129. The van der Waals surface area contributed by atoms with E-state index in [0.717, 1.165) is 39.7 Å². The van der Waals surface area contributed by atoms with Gasteiger partial charge in [0.15, 0.2) is 0 Å². The fraction of sp³-hybridized carbons (Fsp3) is 0.316. The van der Waals surface area contributed by atoms with Gasteiger partial charge in [-0.1, -0.05) is 30.0 Å². The van der Waals surface area contributed by atoms with Crippen LogP contribution in [0.25, 0.3) is 10.9 Å². The van der Waals surface area contributed by atoms with Gasteiger partial charge in [0, 0.05) is 41.9 Å². The molecule has 1 saturated heterocycles. The lowest BCUT2D eigenvalue weighted by Gasteiger charge is -2.24. The normalized spacial score (nSPS) is 17.2. The van der Waals surface area contributed by atoms with Crippen molar-refractivity contribution in [2.45, 2.75) is 23.2 Å². The molecular weight excluding hydrogens is 366 g/mol. The van der Waals surface area contributed by atoms with Crippen LogP contribution in [0.2, 0.25) is 0 Å². The SMILES string of the molecule is O=C1CC[C@H](COc2cccc3cccnc23)N1CCSc1nccs1. The number of ether oxygens (including phenoxy) is 1. The minimum Gasteiger partial charge on any atom is -0.489 e. The molecule has 0 saturated carbocycles. The number of thiazole rings is 1. The summed E-state index contributed by atoms with van der Waals surface area (Å²) in [5.74, 6) is 1.85.